The fraction of sp³-hybridized carbons (Fsp3) is 0.125. The number of hydrogen-bond acceptors (Lipinski definition) is 4. The van der Waals surface area contributed by atoms with Crippen molar-refractivity contribution in [3.05, 3.63) is 29.3 Å². The van der Waals surface area contributed by atoms with Crippen LogP contribution in [0.1, 0.15) is 21.5 Å². The van der Waals surface area contributed by atoms with Crippen LogP contribution < -0.4 is 4.72 Å². The molecule has 0 saturated carbocycles. The third-order valence-corrected chi connectivity index (χ3v) is 3.67. The second-order valence-corrected chi connectivity index (χ2v) is 5.06. The number of fused-ring (bicyclic) bond motifs is 1. The fourth-order valence-electron chi connectivity index (χ4n) is 1.44. The van der Waals surface area contributed by atoms with Gasteiger partial charge in [-0.05, 0) is 6.07 Å². The van der Waals surface area contributed by atoms with Crippen molar-refractivity contribution >= 4 is 27.5 Å². The Bertz CT molecular complexity index is 538. The monoisotopic (exact) mass is 247 g/mol. The highest BCUT2D eigenvalue weighted by Crippen LogP contribution is 2.30. The lowest BCUT2D eigenvalue weighted by Crippen LogP contribution is -2.21. The number of aliphatic hydroxyl groups excluding tert-OH is 1. The van der Waals surface area contributed by atoms with E-state index >= 15 is 0 Å². The summed E-state index contributed by atoms with van der Waals surface area (Å²) in [4.78, 5) is 11.2. The van der Waals surface area contributed by atoms with E-state index in [9.17, 15) is 13.2 Å². The number of rotatable bonds is 1. The number of amides is 1. The van der Waals surface area contributed by atoms with Crippen LogP contribution in [0.4, 0.5) is 0 Å². The van der Waals surface area contributed by atoms with Gasteiger partial charge in [0.05, 0.1) is 5.56 Å². The maximum Gasteiger partial charge on any atom is 0.266 e. The maximum atomic E-state index is 11.4. The van der Waals surface area contributed by atoms with Crippen molar-refractivity contribution in [3.63, 3.8) is 0 Å². The molecule has 1 aliphatic rings. The lowest BCUT2D eigenvalue weighted by molar-refractivity contribution is 0.0981. The lowest BCUT2D eigenvalue weighted by atomic mass is 10.1. The SMILES string of the molecule is O=C1NS(=O)(=O)c2cccc(C(O)Cl)c21. The molecule has 2 rings (SSSR count). The third-order valence-electron chi connectivity index (χ3n) is 2.06. The molecule has 1 heterocycles. The van der Waals surface area contributed by atoms with E-state index in [-0.39, 0.29) is 16.0 Å². The number of aliphatic hydroxyl groups is 1. The molecule has 1 atom stereocenters. The first-order valence-electron chi connectivity index (χ1n) is 3.95. The van der Waals surface area contributed by atoms with Gasteiger partial charge in [0.1, 0.15) is 4.90 Å². The Kier molecular flexibility index (Phi) is 2.22. The molecular formula is C8H6ClNO4S. The molecule has 0 saturated heterocycles. The first-order valence-corrected chi connectivity index (χ1v) is 5.87. The first kappa shape index (κ1) is 10.4. The van der Waals surface area contributed by atoms with E-state index in [4.69, 9.17) is 16.7 Å². The Morgan fingerprint density at radius 3 is 2.67 bits per heavy atom. The summed E-state index contributed by atoms with van der Waals surface area (Å²) < 4.78 is 24.6. The number of halogens is 1. The van der Waals surface area contributed by atoms with Crippen molar-refractivity contribution in [1.29, 1.82) is 0 Å². The lowest BCUT2D eigenvalue weighted by Gasteiger charge is -2.05. The normalized spacial score (nSPS) is 19.5. The van der Waals surface area contributed by atoms with Crippen molar-refractivity contribution in [3.8, 4) is 0 Å². The highest BCUT2D eigenvalue weighted by molar-refractivity contribution is 7.90. The topological polar surface area (TPSA) is 83.5 Å². The molecule has 80 valence electrons. The summed E-state index contributed by atoms with van der Waals surface area (Å²) in [6, 6.07) is 4.10. The van der Waals surface area contributed by atoms with Crippen molar-refractivity contribution in [2.24, 2.45) is 0 Å². The van der Waals surface area contributed by atoms with Crippen molar-refractivity contribution in [2.75, 3.05) is 0 Å². The predicted octanol–water partition coefficient (Wildman–Crippen LogP) is 0.348. The van der Waals surface area contributed by atoms with Gasteiger partial charge in [0.15, 0.2) is 5.56 Å². The Hall–Kier alpha value is -1.11. The highest BCUT2D eigenvalue weighted by atomic mass is 35.5. The van der Waals surface area contributed by atoms with Crippen LogP contribution >= 0.6 is 11.6 Å². The van der Waals surface area contributed by atoms with Gasteiger partial charge < -0.3 is 5.11 Å². The third kappa shape index (κ3) is 1.50. The summed E-state index contributed by atoms with van der Waals surface area (Å²) in [6.07, 6.45) is 0. The number of carbonyl (C=O) groups excluding carboxylic acids is 1. The molecule has 7 heteroatoms. The molecule has 1 aromatic carbocycles. The van der Waals surface area contributed by atoms with E-state index in [1.165, 1.54) is 18.2 Å². The van der Waals surface area contributed by atoms with Crippen LogP contribution in [0.2, 0.25) is 0 Å². The summed E-state index contributed by atoms with van der Waals surface area (Å²) in [7, 11) is -3.78. The number of hydrogen-bond donors (Lipinski definition) is 2. The van der Waals surface area contributed by atoms with Crippen LogP contribution in [-0.4, -0.2) is 19.4 Å². The Morgan fingerprint density at radius 2 is 2.07 bits per heavy atom. The Balaban J connectivity index is 2.79. The van der Waals surface area contributed by atoms with E-state index in [0.717, 1.165) is 0 Å². The zero-order valence-electron chi connectivity index (χ0n) is 7.27. The largest absolute Gasteiger partial charge is 0.373 e. The number of benzene rings is 1. The van der Waals surface area contributed by atoms with Crippen LogP contribution in [0.15, 0.2) is 23.1 Å². The number of sulfonamides is 1. The van der Waals surface area contributed by atoms with Gasteiger partial charge in [-0.25, -0.2) is 13.1 Å². The van der Waals surface area contributed by atoms with Crippen molar-refractivity contribution < 1.29 is 18.3 Å². The van der Waals surface area contributed by atoms with Crippen molar-refractivity contribution in [1.82, 2.24) is 4.72 Å². The van der Waals surface area contributed by atoms with Gasteiger partial charge >= 0.3 is 0 Å². The summed E-state index contributed by atoms with van der Waals surface area (Å²) in [5, 5.41) is 9.17. The van der Waals surface area contributed by atoms with Gasteiger partial charge in [-0.15, -0.1) is 0 Å². The number of carbonyl (C=O) groups is 1. The van der Waals surface area contributed by atoms with Crippen molar-refractivity contribution in [2.45, 2.75) is 10.5 Å². The van der Waals surface area contributed by atoms with Gasteiger partial charge in [0.25, 0.3) is 15.9 Å². The average molecular weight is 248 g/mol. The Morgan fingerprint density at radius 1 is 1.40 bits per heavy atom. The molecule has 1 aromatic rings. The standard InChI is InChI=1S/C8H6ClNO4S/c9-7(11)4-2-1-3-5-6(4)8(12)10-15(5,13)14/h1-3,7,11H,(H,10,12). The second-order valence-electron chi connectivity index (χ2n) is 2.99. The molecule has 1 amide bonds. The molecule has 0 bridgehead atoms. The van der Waals surface area contributed by atoms with Gasteiger partial charge in [-0.1, -0.05) is 23.7 Å². The summed E-state index contributed by atoms with van der Waals surface area (Å²) in [5.74, 6) is -0.764. The zero-order chi connectivity index (χ0) is 11.2. The Labute approximate surface area is 90.7 Å². The van der Waals surface area contributed by atoms with Crippen LogP contribution in [0.3, 0.4) is 0 Å². The second kappa shape index (κ2) is 3.19. The minimum absolute atomic E-state index is 0.0833. The molecule has 1 unspecified atom stereocenters. The highest BCUT2D eigenvalue weighted by Gasteiger charge is 2.35. The first-order chi connectivity index (χ1) is 6.93. The summed E-state index contributed by atoms with van der Waals surface area (Å²) in [5.41, 5.74) is -1.40. The molecule has 15 heavy (non-hydrogen) atoms. The van der Waals surface area contributed by atoms with E-state index in [2.05, 4.69) is 0 Å². The zero-order valence-corrected chi connectivity index (χ0v) is 8.84. The van der Waals surface area contributed by atoms with Gasteiger partial charge in [0.2, 0.25) is 0 Å². The van der Waals surface area contributed by atoms with E-state index in [1.54, 1.807) is 0 Å². The molecule has 0 radical (unpaired) electrons. The fourth-order valence-corrected chi connectivity index (χ4v) is 2.82. The maximum absolute atomic E-state index is 11.4. The van der Waals surface area contributed by atoms with Crippen LogP contribution in [0.25, 0.3) is 0 Å². The van der Waals surface area contributed by atoms with Gasteiger partial charge in [0, 0.05) is 5.56 Å². The van der Waals surface area contributed by atoms with E-state index < -0.39 is 21.5 Å². The molecule has 0 spiro atoms. The minimum atomic E-state index is -3.78. The number of alkyl halides is 1. The smallest absolute Gasteiger partial charge is 0.266 e. The summed E-state index contributed by atoms with van der Waals surface area (Å²) >= 11 is 5.43. The predicted molar refractivity (Wildman–Crippen MR) is 51.9 cm³/mol. The quantitative estimate of drug-likeness (QED) is 0.702. The van der Waals surface area contributed by atoms with Crippen LogP contribution in [-0.2, 0) is 10.0 Å². The van der Waals surface area contributed by atoms with Crippen LogP contribution in [0, 0.1) is 0 Å². The molecule has 0 fully saturated rings. The molecule has 0 aromatic heterocycles. The van der Waals surface area contributed by atoms with Gasteiger partial charge in [-0.3, -0.25) is 4.79 Å². The summed E-state index contributed by atoms with van der Waals surface area (Å²) in [6.45, 7) is 0. The molecule has 0 aliphatic carbocycles. The van der Waals surface area contributed by atoms with E-state index in [0.29, 0.717) is 0 Å². The molecule has 2 N–H and O–H groups in total. The average Bonchev–Trinajstić information content (AvgIpc) is 2.37. The van der Waals surface area contributed by atoms with Gasteiger partial charge in [-0.2, -0.15) is 0 Å². The van der Waals surface area contributed by atoms with Crippen LogP contribution in [0.5, 0.6) is 0 Å². The molecule has 5 nitrogen and oxygen atoms in total. The molecular weight excluding hydrogens is 242 g/mol. The minimum Gasteiger partial charge on any atom is -0.373 e. The molecule has 1 aliphatic heterocycles. The van der Waals surface area contributed by atoms with E-state index in [1.807, 2.05) is 4.72 Å². The number of nitrogens with one attached hydrogen (secondary N) is 1.